The summed E-state index contributed by atoms with van der Waals surface area (Å²) in [6.07, 6.45) is 31.0. The largest absolute Gasteiger partial charge is 0.367 e. The lowest BCUT2D eigenvalue weighted by Crippen LogP contribution is -2.27. The number of benzene rings is 4. The number of carbonyl (C=O) groups excluding carboxylic acids is 4. The van der Waals surface area contributed by atoms with Crippen molar-refractivity contribution in [3.05, 3.63) is 213 Å². The maximum atomic E-state index is 13.4. The predicted molar refractivity (Wildman–Crippen MR) is 454 cm³/mol. The highest BCUT2D eigenvalue weighted by atomic mass is 35.5. The smallest absolute Gasteiger partial charge is 0.194 e. The van der Waals surface area contributed by atoms with E-state index in [1.54, 1.807) is 19.0 Å². The van der Waals surface area contributed by atoms with Gasteiger partial charge in [0.15, 0.2) is 40.6 Å². The molecule has 0 saturated heterocycles. The first-order valence-corrected chi connectivity index (χ1v) is 39.9. The molecule has 4 aliphatic carbocycles. The van der Waals surface area contributed by atoms with Crippen molar-refractivity contribution in [2.24, 2.45) is 44.8 Å². The number of fused-ring (bicyclic) bond motifs is 4. The standard InChI is InChI=1S/C22H24ClFN4O.2C21H22ClFN4O.C21H21F3N4O.3ClH/c1-2-28-10-9-17-21(25-13-26-22(17)28)27-16-6-3-14(4-7-16)11-20(29)15-5-8-19(24)18(23)12-15;2*1-27-9-8-16-20(24-12-25-21(16)27)26-15-5-2-13(3-6-15)10-19(28)14-4-7-18(23)17(22)11-14;1-28-7-6-15-20(25-11-26-21(15)28)27-14-4-2-12(3-5-14)8-18(29)13-9-16(22)19(24)17(23)10-13;;;/h5,8-10,12-14,16H,2-4,6-7,11H2,1H3,(H,25,26,27);2*4,7-9,11-13,15H,2-3,5-6,10H2,1H3,(H,24,25,26);6-7,9-12,14H,2-5,8H2,1H3,(H,25,26,27);3*1H. The highest BCUT2D eigenvalue weighted by Gasteiger charge is 2.30. The topological polar surface area (TPSA) is 239 Å². The Balaban J connectivity index is 0.000000163. The van der Waals surface area contributed by atoms with Crippen LogP contribution in [0.15, 0.2) is 141 Å². The van der Waals surface area contributed by atoms with Gasteiger partial charge >= 0.3 is 0 Å². The van der Waals surface area contributed by atoms with Gasteiger partial charge in [0.25, 0.3) is 0 Å². The minimum Gasteiger partial charge on any atom is -0.367 e. The third kappa shape index (κ3) is 22.5. The molecule has 4 aliphatic rings. The molecule has 4 saturated carbocycles. The van der Waals surface area contributed by atoms with Crippen molar-refractivity contribution >= 4 is 163 Å². The molecule has 4 fully saturated rings. The lowest BCUT2D eigenvalue weighted by atomic mass is 9.82. The van der Waals surface area contributed by atoms with Crippen LogP contribution in [0.1, 0.15) is 177 Å². The fraction of sp³-hybridized carbons (Fsp3) is 0.388. The molecule has 620 valence electrons. The zero-order valence-electron chi connectivity index (χ0n) is 64.9. The Morgan fingerprint density at radius 3 is 0.872 bits per heavy atom. The van der Waals surface area contributed by atoms with Gasteiger partial charge in [-0.2, -0.15) is 0 Å². The molecule has 12 aromatic rings. The van der Waals surface area contributed by atoms with Gasteiger partial charge in [-0.15, -0.1) is 37.2 Å². The van der Waals surface area contributed by atoms with Crippen molar-refractivity contribution in [1.82, 2.24) is 58.1 Å². The Bertz CT molecular complexity index is 5260. The summed E-state index contributed by atoms with van der Waals surface area (Å²) >= 11 is 17.4. The number of anilines is 4. The molecule has 8 heterocycles. The maximum absolute atomic E-state index is 13.4. The Morgan fingerprint density at radius 2 is 0.598 bits per heavy atom. The Hall–Kier alpha value is -9.44. The van der Waals surface area contributed by atoms with Crippen LogP contribution >= 0.6 is 72.0 Å². The van der Waals surface area contributed by atoms with Gasteiger partial charge in [-0.1, -0.05) is 34.8 Å². The number of halogens is 12. The van der Waals surface area contributed by atoms with E-state index in [4.69, 9.17) is 34.8 Å². The van der Waals surface area contributed by atoms with Gasteiger partial charge in [0.05, 0.1) is 36.6 Å². The van der Waals surface area contributed by atoms with E-state index < -0.39 is 34.9 Å². The minimum absolute atomic E-state index is 0. The van der Waals surface area contributed by atoms with Crippen molar-refractivity contribution in [2.45, 2.75) is 166 Å². The number of nitrogens with one attached hydrogen (secondary N) is 4. The molecule has 0 amide bonds. The van der Waals surface area contributed by atoms with Crippen LogP contribution in [0, 0.1) is 58.6 Å². The van der Waals surface area contributed by atoms with Crippen molar-refractivity contribution in [1.29, 1.82) is 0 Å². The summed E-state index contributed by atoms with van der Waals surface area (Å²) in [5.74, 6) is -1.41. The first-order chi connectivity index (χ1) is 55.0. The Morgan fingerprint density at radius 1 is 0.342 bits per heavy atom. The van der Waals surface area contributed by atoms with E-state index in [-0.39, 0.29) is 99.4 Å². The number of aryl methyl sites for hydroxylation is 4. The maximum Gasteiger partial charge on any atom is 0.194 e. The number of nitrogens with zero attached hydrogens (tertiary/aromatic N) is 12. The van der Waals surface area contributed by atoms with Gasteiger partial charge in [-0.3, -0.25) is 19.2 Å². The number of Topliss-reactive ketones (excluding diaryl/α,β-unsaturated/α-hetero) is 4. The molecule has 0 radical (unpaired) electrons. The van der Waals surface area contributed by atoms with Crippen LogP contribution < -0.4 is 21.3 Å². The van der Waals surface area contributed by atoms with E-state index in [0.717, 1.165) is 189 Å². The van der Waals surface area contributed by atoms with Crippen LogP contribution in [0.3, 0.4) is 0 Å². The Labute approximate surface area is 707 Å². The molecule has 0 unspecified atom stereocenters. The van der Waals surface area contributed by atoms with Crippen molar-refractivity contribution in [2.75, 3.05) is 21.3 Å². The number of hydrogen-bond acceptors (Lipinski definition) is 16. The van der Waals surface area contributed by atoms with Crippen molar-refractivity contribution in [3.63, 3.8) is 0 Å². The van der Waals surface area contributed by atoms with E-state index in [1.165, 1.54) is 60.9 Å². The lowest BCUT2D eigenvalue weighted by molar-refractivity contribution is 0.0940. The van der Waals surface area contributed by atoms with Crippen LogP contribution in [0.5, 0.6) is 0 Å². The summed E-state index contributed by atoms with van der Waals surface area (Å²) in [7, 11) is 5.87. The van der Waals surface area contributed by atoms with E-state index in [0.29, 0.717) is 71.8 Å². The zero-order chi connectivity index (χ0) is 80.3. The molecule has 16 rings (SSSR count). The van der Waals surface area contributed by atoms with Crippen LogP contribution in [-0.4, -0.2) is 105 Å². The number of ketones is 4. The average molecular weight is 1730 g/mol. The monoisotopic (exact) mass is 1720 g/mol. The summed E-state index contributed by atoms with van der Waals surface area (Å²) in [4.78, 5) is 84.8. The quantitative estimate of drug-likeness (QED) is 0.0297. The number of rotatable bonds is 21. The predicted octanol–water partition coefficient (Wildman–Crippen LogP) is 21.4. The third-order valence-electron chi connectivity index (χ3n) is 22.6. The molecule has 20 nitrogen and oxygen atoms in total. The first-order valence-electron chi connectivity index (χ1n) is 38.8. The average Bonchev–Trinajstić information content (AvgIpc) is 1.67. The molecule has 32 heteroatoms. The first kappa shape index (κ1) is 89.9. The molecule has 0 spiro atoms. The van der Waals surface area contributed by atoms with Crippen LogP contribution in [0.25, 0.3) is 44.1 Å². The summed E-state index contributed by atoms with van der Waals surface area (Å²) in [5.41, 5.74) is 4.97. The summed E-state index contributed by atoms with van der Waals surface area (Å²) < 4.78 is 87.7. The van der Waals surface area contributed by atoms with Crippen LogP contribution in [0.4, 0.5) is 49.6 Å². The van der Waals surface area contributed by atoms with Crippen LogP contribution in [-0.2, 0) is 27.7 Å². The molecule has 0 bridgehead atoms. The van der Waals surface area contributed by atoms with Crippen LogP contribution in [0.2, 0.25) is 15.1 Å². The molecular formula is C85H92Cl6F6N16O4. The second kappa shape index (κ2) is 41.3. The molecular weight excluding hydrogens is 1640 g/mol. The van der Waals surface area contributed by atoms with Gasteiger partial charge in [0, 0.05) is 125 Å². The van der Waals surface area contributed by atoms with E-state index in [2.05, 4.69) is 78.7 Å². The SMILES string of the molecule is CCn1ccc2c(NC3CCC(CC(=O)c4ccc(F)c(Cl)c4)CC3)ncnc21.Cl.Cl.Cl.Cn1ccc2c(NC3CCC(CC(=O)c4cc(F)c(F)c(F)c4)CC3)ncnc21.Cn1ccc2c(NC3CCC(CC(=O)c4ccc(F)c(Cl)c4)CC3)ncnc21.Cn1ccc2c(NC3CCC(CC(=O)c4ccc(F)c(Cl)c4)CC3)ncnc21. The molecule has 4 aromatic carbocycles. The van der Waals surface area contributed by atoms with Gasteiger partial charge in [0.2, 0.25) is 0 Å². The lowest BCUT2D eigenvalue weighted by Gasteiger charge is -2.29. The molecule has 0 aliphatic heterocycles. The minimum atomic E-state index is -1.55. The Kier molecular flexibility index (Phi) is 31.7. The summed E-state index contributed by atoms with van der Waals surface area (Å²) in [6.45, 7) is 2.97. The molecule has 0 atom stereocenters. The van der Waals surface area contributed by atoms with Gasteiger partial charge in [-0.05, 0) is 224 Å². The van der Waals surface area contributed by atoms with E-state index in [9.17, 15) is 45.5 Å². The molecule has 4 N–H and O–H groups in total. The number of carbonyl (C=O) groups is 4. The summed E-state index contributed by atoms with van der Waals surface area (Å²) in [5, 5.41) is 18.2. The fourth-order valence-electron chi connectivity index (χ4n) is 16.0. The van der Waals surface area contributed by atoms with Gasteiger partial charge in [0.1, 0.15) is 88.6 Å². The van der Waals surface area contributed by atoms with Gasteiger partial charge in [-0.25, -0.2) is 66.2 Å². The second-order valence-electron chi connectivity index (χ2n) is 30.3. The fourth-order valence-corrected chi connectivity index (χ4v) is 16.6. The van der Waals surface area contributed by atoms with Crippen molar-refractivity contribution in [3.8, 4) is 0 Å². The van der Waals surface area contributed by atoms with E-state index in [1.807, 2.05) is 77.8 Å². The van der Waals surface area contributed by atoms with E-state index >= 15 is 0 Å². The molecule has 8 aromatic heterocycles. The summed E-state index contributed by atoms with van der Waals surface area (Å²) in [6, 6.07) is 23.4. The molecule has 117 heavy (non-hydrogen) atoms. The highest BCUT2D eigenvalue weighted by molar-refractivity contribution is 6.32. The van der Waals surface area contributed by atoms with Crippen molar-refractivity contribution < 1.29 is 45.5 Å². The third-order valence-corrected chi connectivity index (χ3v) is 23.4. The number of aromatic nitrogens is 12. The van der Waals surface area contributed by atoms with Gasteiger partial charge < -0.3 is 39.5 Å². The highest BCUT2D eigenvalue weighted by Crippen LogP contribution is 2.37. The number of hydrogen-bond donors (Lipinski definition) is 4. The normalized spacial score (nSPS) is 19.1. The second-order valence-corrected chi connectivity index (χ2v) is 31.5. The zero-order valence-corrected chi connectivity index (χ0v) is 69.6.